The molecule has 1 fully saturated rings. The Hall–Kier alpha value is -0.610. The van der Waals surface area contributed by atoms with E-state index < -0.39 is 0 Å². The van der Waals surface area contributed by atoms with E-state index in [0.29, 0.717) is 5.92 Å². The lowest BCUT2D eigenvalue weighted by Gasteiger charge is -2.18. The third kappa shape index (κ3) is 3.80. The van der Waals surface area contributed by atoms with Gasteiger partial charge in [-0.2, -0.15) is 0 Å². The second kappa shape index (κ2) is 5.47. The molecule has 0 radical (unpaired) electrons. The summed E-state index contributed by atoms with van der Waals surface area (Å²) in [6.07, 6.45) is 1.13. The third-order valence-corrected chi connectivity index (χ3v) is 2.86. The Labute approximate surface area is 91.8 Å². The van der Waals surface area contributed by atoms with Gasteiger partial charge in [-0.05, 0) is 33.1 Å². The Morgan fingerprint density at radius 1 is 1.53 bits per heavy atom. The highest BCUT2D eigenvalue weighted by atomic mass is 16.5. The summed E-state index contributed by atoms with van der Waals surface area (Å²) in [4.78, 5) is 13.5. The second-order valence-corrected chi connectivity index (χ2v) is 4.61. The molecule has 0 aromatic carbocycles. The highest BCUT2D eigenvalue weighted by Crippen LogP contribution is 2.18. The first-order valence-electron chi connectivity index (χ1n) is 5.65. The standard InChI is InChI=1S/C11H22N2O2/c1-8(2)15-7-11(14)13-5-4-10(6-13)9(3)12/h8-10H,4-7,12H2,1-3H3. The molecule has 1 aliphatic rings. The molecule has 2 atom stereocenters. The summed E-state index contributed by atoms with van der Waals surface area (Å²) in [6, 6.07) is 0.175. The van der Waals surface area contributed by atoms with Crippen molar-refractivity contribution in [2.45, 2.75) is 39.3 Å². The van der Waals surface area contributed by atoms with Crippen molar-refractivity contribution in [1.82, 2.24) is 4.90 Å². The SMILES string of the molecule is CC(C)OCC(=O)N1CCC(C(C)N)C1. The van der Waals surface area contributed by atoms with Crippen molar-refractivity contribution in [3.8, 4) is 0 Å². The van der Waals surface area contributed by atoms with Crippen LogP contribution in [0.4, 0.5) is 0 Å². The predicted octanol–water partition coefficient (Wildman–Crippen LogP) is 0.607. The molecule has 0 bridgehead atoms. The van der Waals surface area contributed by atoms with Crippen molar-refractivity contribution in [3.63, 3.8) is 0 Å². The van der Waals surface area contributed by atoms with Gasteiger partial charge in [0, 0.05) is 19.1 Å². The Bertz CT molecular complexity index is 217. The minimum atomic E-state index is 0.0897. The van der Waals surface area contributed by atoms with Gasteiger partial charge in [0.2, 0.25) is 5.91 Å². The molecule has 2 N–H and O–H groups in total. The molecule has 1 aliphatic heterocycles. The van der Waals surface area contributed by atoms with E-state index in [0.717, 1.165) is 19.5 Å². The molecule has 1 rings (SSSR count). The fourth-order valence-corrected chi connectivity index (χ4v) is 1.77. The summed E-state index contributed by atoms with van der Waals surface area (Å²) in [5.74, 6) is 0.542. The van der Waals surface area contributed by atoms with Gasteiger partial charge in [-0.15, -0.1) is 0 Å². The molecule has 0 aromatic heterocycles. The van der Waals surface area contributed by atoms with Crippen LogP contribution in [0.1, 0.15) is 27.2 Å². The minimum absolute atomic E-state index is 0.0897. The number of rotatable bonds is 4. The van der Waals surface area contributed by atoms with Gasteiger partial charge in [0.05, 0.1) is 6.10 Å². The van der Waals surface area contributed by atoms with E-state index in [-0.39, 0.29) is 24.7 Å². The van der Waals surface area contributed by atoms with Crippen molar-refractivity contribution in [3.05, 3.63) is 0 Å². The molecule has 0 aliphatic carbocycles. The predicted molar refractivity (Wildman–Crippen MR) is 59.4 cm³/mol. The average molecular weight is 214 g/mol. The van der Waals surface area contributed by atoms with E-state index in [1.54, 1.807) is 0 Å². The van der Waals surface area contributed by atoms with Crippen LogP contribution in [0.15, 0.2) is 0 Å². The maximum Gasteiger partial charge on any atom is 0.248 e. The highest BCUT2D eigenvalue weighted by molar-refractivity contribution is 5.77. The van der Waals surface area contributed by atoms with Crippen molar-refractivity contribution < 1.29 is 9.53 Å². The number of carbonyl (C=O) groups excluding carboxylic acids is 1. The number of likely N-dealkylation sites (tertiary alicyclic amines) is 1. The van der Waals surface area contributed by atoms with Gasteiger partial charge in [-0.1, -0.05) is 0 Å². The summed E-state index contributed by atoms with van der Waals surface area (Å²) in [6.45, 7) is 7.68. The van der Waals surface area contributed by atoms with Crippen LogP contribution in [0.3, 0.4) is 0 Å². The molecular formula is C11H22N2O2. The van der Waals surface area contributed by atoms with Gasteiger partial charge in [-0.25, -0.2) is 0 Å². The largest absolute Gasteiger partial charge is 0.369 e. The van der Waals surface area contributed by atoms with Crippen LogP contribution in [0.2, 0.25) is 0 Å². The van der Waals surface area contributed by atoms with E-state index in [4.69, 9.17) is 10.5 Å². The van der Waals surface area contributed by atoms with Crippen LogP contribution in [0.25, 0.3) is 0 Å². The number of carbonyl (C=O) groups is 1. The molecule has 15 heavy (non-hydrogen) atoms. The van der Waals surface area contributed by atoms with Gasteiger partial charge in [0.1, 0.15) is 6.61 Å². The highest BCUT2D eigenvalue weighted by Gasteiger charge is 2.28. The fourth-order valence-electron chi connectivity index (χ4n) is 1.77. The quantitative estimate of drug-likeness (QED) is 0.746. The van der Waals surface area contributed by atoms with Gasteiger partial charge in [0.15, 0.2) is 0 Å². The summed E-state index contributed by atoms with van der Waals surface area (Å²) in [5, 5.41) is 0. The third-order valence-electron chi connectivity index (χ3n) is 2.86. The van der Waals surface area contributed by atoms with E-state index in [2.05, 4.69) is 0 Å². The Morgan fingerprint density at radius 3 is 2.67 bits per heavy atom. The lowest BCUT2D eigenvalue weighted by molar-refractivity contribution is -0.136. The molecule has 1 heterocycles. The maximum absolute atomic E-state index is 11.7. The van der Waals surface area contributed by atoms with Crippen molar-refractivity contribution in [2.24, 2.45) is 11.7 Å². The molecule has 4 nitrogen and oxygen atoms in total. The summed E-state index contributed by atoms with van der Waals surface area (Å²) < 4.78 is 5.29. The van der Waals surface area contributed by atoms with E-state index in [1.165, 1.54) is 0 Å². The second-order valence-electron chi connectivity index (χ2n) is 4.61. The zero-order chi connectivity index (χ0) is 11.4. The lowest BCUT2D eigenvalue weighted by atomic mass is 10.0. The molecule has 0 aromatic rings. The lowest BCUT2D eigenvalue weighted by Crippen LogP contribution is -2.35. The van der Waals surface area contributed by atoms with Crippen LogP contribution >= 0.6 is 0 Å². The zero-order valence-corrected chi connectivity index (χ0v) is 9.90. The summed E-state index contributed by atoms with van der Waals surface area (Å²) in [5.41, 5.74) is 5.81. The number of nitrogens with zero attached hydrogens (tertiary/aromatic N) is 1. The molecule has 0 spiro atoms. The van der Waals surface area contributed by atoms with E-state index >= 15 is 0 Å². The van der Waals surface area contributed by atoms with Crippen molar-refractivity contribution in [1.29, 1.82) is 0 Å². The molecule has 1 saturated heterocycles. The molecular weight excluding hydrogens is 192 g/mol. The first-order chi connectivity index (χ1) is 7.00. The summed E-state index contributed by atoms with van der Waals surface area (Å²) in [7, 11) is 0. The number of ether oxygens (including phenoxy) is 1. The first-order valence-corrected chi connectivity index (χ1v) is 5.65. The smallest absolute Gasteiger partial charge is 0.248 e. The Balaban J connectivity index is 2.30. The van der Waals surface area contributed by atoms with Gasteiger partial charge >= 0.3 is 0 Å². The van der Waals surface area contributed by atoms with E-state index in [1.807, 2.05) is 25.7 Å². The van der Waals surface area contributed by atoms with Gasteiger partial charge in [-0.3, -0.25) is 4.79 Å². The number of hydrogen-bond acceptors (Lipinski definition) is 3. The summed E-state index contributed by atoms with van der Waals surface area (Å²) >= 11 is 0. The molecule has 0 saturated carbocycles. The van der Waals surface area contributed by atoms with Gasteiger partial charge in [0.25, 0.3) is 0 Å². The number of hydrogen-bond donors (Lipinski definition) is 1. The normalized spacial score (nSPS) is 23.5. The Morgan fingerprint density at radius 2 is 2.20 bits per heavy atom. The van der Waals surface area contributed by atoms with Crippen LogP contribution in [-0.4, -0.2) is 42.6 Å². The molecule has 1 amide bonds. The fraction of sp³-hybridized carbons (Fsp3) is 0.909. The molecule has 2 unspecified atom stereocenters. The number of amides is 1. The monoisotopic (exact) mass is 214 g/mol. The molecule has 4 heteroatoms. The minimum Gasteiger partial charge on any atom is -0.369 e. The van der Waals surface area contributed by atoms with Crippen molar-refractivity contribution >= 4 is 5.91 Å². The zero-order valence-electron chi connectivity index (χ0n) is 9.90. The topological polar surface area (TPSA) is 55.6 Å². The van der Waals surface area contributed by atoms with Crippen LogP contribution in [-0.2, 0) is 9.53 Å². The average Bonchev–Trinajstić information content (AvgIpc) is 2.62. The first kappa shape index (κ1) is 12.5. The maximum atomic E-state index is 11.7. The van der Waals surface area contributed by atoms with E-state index in [9.17, 15) is 4.79 Å². The van der Waals surface area contributed by atoms with Crippen molar-refractivity contribution in [2.75, 3.05) is 19.7 Å². The van der Waals surface area contributed by atoms with Gasteiger partial charge < -0.3 is 15.4 Å². The molecule has 88 valence electrons. The van der Waals surface area contributed by atoms with Crippen LogP contribution in [0, 0.1) is 5.92 Å². The van der Waals surface area contributed by atoms with Crippen LogP contribution in [0.5, 0.6) is 0 Å². The van der Waals surface area contributed by atoms with Crippen LogP contribution < -0.4 is 5.73 Å². The number of nitrogens with two attached hydrogens (primary N) is 1. The Kier molecular flexibility index (Phi) is 4.54.